The zero-order valence-electron chi connectivity index (χ0n) is 12.0. The van der Waals surface area contributed by atoms with E-state index in [4.69, 9.17) is 11.6 Å². The summed E-state index contributed by atoms with van der Waals surface area (Å²) in [5, 5.41) is 17.6. The molecular formula is C15H18ClN3O2. The highest BCUT2D eigenvalue weighted by Crippen LogP contribution is 2.20. The lowest BCUT2D eigenvalue weighted by Gasteiger charge is -2.14. The van der Waals surface area contributed by atoms with Crippen LogP contribution in [0.25, 0.3) is 0 Å². The van der Waals surface area contributed by atoms with Crippen molar-refractivity contribution in [3.63, 3.8) is 0 Å². The molecule has 6 heteroatoms. The van der Waals surface area contributed by atoms with Gasteiger partial charge in [-0.25, -0.2) is 4.68 Å². The highest BCUT2D eigenvalue weighted by Gasteiger charge is 2.15. The number of nitrogens with zero attached hydrogens (tertiary/aromatic N) is 2. The number of aliphatic hydroxyl groups excluding tert-OH is 1. The predicted octanol–water partition coefficient (Wildman–Crippen LogP) is 3.18. The molecule has 0 aliphatic carbocycles. The summed E-state index contributed by atoms with van der Waals surface area (Å²) in [6, 6.07) is 8.66. The second kappa shape index (κ2) is 6.74. The Morgan fingerprint density at radius 2 is 2.00 bits per heavy atom. The van der Waals surface area contributed by atoms with Crippen molar-refractivity contribution in [2.45, 2.75) is 32.4 Å². The molecule has 2 rings (SSSR count). The van der Waals surface area contributed by atoms with E-state index >= 15 is 0 Å². The number of carbonyl (C=O) groups is 1. The summed E-state index contributed by atoms with van der Waals surface area (Å²) in [6.07, 6.45) is 0.744. The molecular weight excluding hydrogens is 290 g/mol. The zero-order valence-corrected chi connectivity index (χ0v) is 12.7. The van der Waals surface area contributed by atoms with Gasteiger partial charge in [-0.2, -0.15) is 5.10 Å². The second-order valence-corrected chi connectivity index (χ2v) is 5.51. The molecule has 2 aromatic rings. The number of anilines is 1. The minimum atomic E-state index is -0.863. The number of amides is 1. The highest BCUT2D eigenvalue weighted by atomic mass is 35.5. The highest BCUT2D eigenvalue weighted by molar-refractivity contribution is 6.30. The number of carbonyl (C=O) groups excluding carboxylic acids is 1. The van der Waals surface area contributed by atoms with Gasteiger partial charge in [0, 0.05) is 17.1 Å². The molecule has 1 unspecified atom stereocenters. The van der Waals surface area contributed by atoms with Gasteiger partial charge < -0.3 is 10.4 Å². The van der Waals surface area contributed by atoms with Crippen molar-refractivity contribution in [1.82, 2.24) is 9.78 Å². The van der Waals surface area contributed by atoms with Crippen molar-refractivity contribution in [2.75, 3.05) is 5.32 Å². The second-order valence-electron chi connectivity index (χ2n) is 5.07. The molecule has 21 heavy (non-hydrogen) atoms. The molecule has 0 bridgehead atoms. The first kappa shape index (κ1) is 15.5. The van der Waals surface area contributed by atoms with Gasteiger partial charge in [0.25, 0.3) is 0 Å². The van der Waals surface area contributed by atoms with Gasteiger partial charge in [0.05, 0.1) is 18.7 Å². The van der Waals surface area contributed by atoms with Crippen LogP contribution < -0.4 is 5.32 Å². The van der Waals surface area contributed by atoms with Gasteiger partial charge in [-0.3, -0.25) is 4.79 Å². The van der Waals surface area contributed by atoms with Crippen molar-refractivity contribution < 1.29 is 9.90 Å². The van der Waals surface area contributed by atoms with Crippen molar-refractivity contribution in [3.8, 4) is 0 Å². The largest absolute Gasteiger partial charge is 0.388 e. The lowest BCUT2D eigenvalue weighted by molar-refractivity contribution is -0.118. The maximum absolute atomic E-state index is 12.0. The van der Waals surface area contributed by atoms with E-state index in [1.807, 2.05) is 13.8 Å². The molecule has 1 aromatic carbocycles. The molecule has 2 N–H and O–H groups in total. The van der Waals surface area contributed by atoms with Gasteiger partial charge in [-0.1, -0.05) is 23.7 Å². The molecule has 0 aliphatic heterocycles. The number of benzene rings is 1. The molecule has 1 atom stereocenters. The third kappa shape index (κ3) is 4.06. The van der Waals surface area contributed by atoms with Crippen LogP contribution in [-0.2, 0) is 4.79 Å². The fourth-order valence-electron chi connectivity index (χ4n) is 2.00. The zero-order chi connectivity index (χ0) is 15.4. The van der Waals surface area contributed by atoms with E-state index in [9.17, 15) is 9.90 Å². The van der Waals surface area contributed by atoms with Gasteiger partial charge >= 0.3 is 0 Å². The topological polar surface area (TPSA) is 67.2 Å². The number of nitrogens with one attached hydrogen (secondary N) is 1. The maximum Gasteiger partial charge on any atom is 0.228 e. The van der Waals surface area contributed by atoms with Crippen LogP contribution in [0.2, 0.25) is 5.02 Å². The SMILES string of the molecule is CC(C)n1nccc1NC(=O)CC(O)c1ccc(Cl)cc1. The maximum atomic E-state index is 12.0. The van der Waals surface area contributed by atoms with Gasteiger partial charge in [-0.05, 0) is 31.5 Å². The Balaban J connectivity index is 1.98. The molecule has 0 saturated carbocycles. The van der Waals surface area contributed by atoms with Crippen LogP contribution in [0.3, 0.4) is 0 Å². The molecule has 1 aromatic heterocycles. The quantitative estimate of drug-likeness (QED) is 0.891. The average molecular weight is 308 g/mol. The third-order valence-corrected chi connectivity index (χ3v) is 3.31. The van der Waals surface area contributed by atoms with Crippen molar-refractivity contribution in [1.29, 1.82) is 0 Å². The van der Waals surface area contributed by atoms with Crippen LogP contribution >= 0.6 is 11.6 Å². The van der Waals surface area contributed by atoms with E-state index in [1.54, 1.807) is 41.2 Å². The Morgan fingerprint density at radius 1 is 1.33 bits per heavy atom. The van der Waals surface area contributed by atoms with E-state index in [0.717, 1.165) is 0 Å². The van der Waals surface area contributed by atoms with Crippen molar-refractivity contribution >= 4 is 23.3 Å². The van der Waals surface area contributed by atoms with Crippen LogP contribution in [0.4, 0.5) is 5.82 Å². The van der Waals surface area contributed by atoms with Crippen LogP contribution in [0, 0.1) is 0 Å². The van der Waals surface area contributed by atoms with Crippen LogP contribution in [0.15, 0.2) is 36.5 Å². The molecule has 0 radical (unpaired) electrons. The fraction of sp³-hybridized carbons (Fsp3) is 0.333. The molecule has 0 fully saturated rings. The fourth-order valence-corrected chi connectivity index (χ4v) is 2.12. The smallest absolute Gasteiger partial charge is 0.228 e. The molecule has 112 valence electrons. The van der Waals surface area contributed by atoms with Gasteiger partial charge in [-0.15, -0.1) is 0 Å². The van der Waals surface area contributed by atoms with Crippen LogP contribution in [0.1, 0.15) is 38.0 Å². The Kier molecular flexibility index (Phi) is 4.98. The first-order valence-electron chi connectivity index (χ1n) is 6.74. The van der Waals surface area contributed by atoms with Gasteiger partial charge in [0.15, 0.2) is 0 Å². The Labute approximate surface area is 128 Å². The number of hydrogen-bond acceptors (Lipinski definition) is 3. The molecule has 0 spiro atoms. The van der Waals surface area contributed by atoms with Gasteiger partial charge in [0.2, 0.25) is 5.91 Å². The molecule has 5 nitrogen and oxygen atoms in total. The minimum absolute atomic E-state index is 0.0229. The number of hydrogen-bond donors (Lipinski definition) is 2. The number of halogens is 1. The van der Waals surface area contributed by atoms with Crippen LogP contribution in [0.5, 0.6) is 0 Å². The summed E-state index contributed by atoms with van der Waals surface area (Å²) in [6.45, 7) is 3.95. The summed E-state index contributed by atoms with van der Waals surface area (Å²) in [5.74, 6) is 0.359. The lowest BCUT2D eigenvalue weighted by Crippen LogP contribution is -2.18. The monoisotopic (exact) mass is 307 g/mol. The molecule has 1 heterocycles. The summed E-state index contributed by atoms with van der Waals surface area (Å²) in [5.41, 5.74) is 0.659. The first-order valence-corrected chi connectivity index (χ1v) is 7.12. The number of aliphatic hydroxyl groups is 1. The minimum Gasteiger partial charge on any atom is -0.388 e. The van der Waals surface area contributed by atoms with E-state index in [-0.39, 0.29) is 18.4 Å². The standard InChI is InChI=1S/C15H18ClN3O2/c1-10(2)19-14(7-8-17-19)18-15(21)9-13(20)11-3-5-12(16)6-4-11/h3-8,10,13,20H,9H2,1-2H3,(H,18,21). The van der Waals surface area contributed by atoms with E-state index in [1.165, 1.54) is 0 Å². The van der Waals surface area contributed by atoms with Crippen molar-refractivity contribution in [2.24, 2.45) is 0 Å². The predicted molar refractivity (Wildman–Crippen MR) is 82.3 cm³/mol. The molecule has 1 amide bonds. The number of rotatable bonds is 5. The van der Waals surface area contributed by atoms with E-state index in [0.29, 0.717) is 16.4 Å². The van der Waals surface area contributed by atoms with E-state index < -0.39 is 6.10 Å². The molecule has 0 saturated heterocycles. The summed E-state index contributed by atoms with van der Waals surface area (Å²) < 4.78 is 1.71. The first-order chi connectivity index (χ1) is 9.97. The van der Waals surface area contributed by atoms with Crippen molar-refractivity contribution in [3.05, 3.63) is 47.1 Å². The normalized spacial score (nSPS) is 12.4. The van der Waals surface area contributed by atoms with Crippen LogP contribution in [-0.4, -0.2) is 20.8 Å². The third-order valence-electron chi connectivity index (χ3n) is 3.06. The summed E-state index contributed by atoms with van der Waals surface area (Å²) in [4.78, 5) is 12.0. The summed E-state index contributed by atoms with van der Waals surface area (Å²) >= 11 is 5.79. The molecule has 0 aliphatic rings. The Bertz CT molecular complexity index is 608. The van der Waals surface area contributed by atoms with E-state index in [2.05, 4.69) is 10.4 Å². The Hall–Kier alpha value is -1.85. The Morgan fingerprint density at radius 3 is 2.62 bits per heavy atom. The lowest BCUT2D eigenvalue weighted by atomic mass is 10.1. The van der Waals surface area contributed by atoms with Gasteiger partial charge in [0.1, 0.15) is 5.82 Å². The number of aromatic nitrogens is 2. The average Bonchev–Trinajstić information content (AvgIpc) is 2.87. The summed E-state index contributed by atoms with van der Waals surface area (Å²) in [7, 11) is 0.